The second-order valence-corrected chi connectivity index (χ2v) is 8.23. The molecule has 0 bridgehead atoms. The van der Waals surface area contributed by atoms with Crippen LogP contribution in [0.2, 0.25) is 0 Å². The average molecular weight is 427 g/mol. The van der Waals surface area contributed by atoms with E-state index in [1.807, 2.05) is 82.9 Å². The zero-order valence-electron chi connectivity index (χ0n) is 18.3. The zero-order valence-corrected chi connectivity index (χ0v) is 18.3. The highest BCUT2D eigenvalue weighted by Gasteiger charge is 2.24. The highest BCUT2D eigenvalue weighted by Crippen LogP contribution is 2.41. The summed E-state index contributed by atoms with van der Waals surface area (Å²) >= 11 is 0. The van der Waals surface area contributed by atoms with Gasteiger partial charge in [-0.05, 0) is 29.3 Å². The lowest BCUT2D eigenvalue weighted by Gasteiger charge is -2.20. The summed E-state index contributed by atoms with van der Waals surface area (Å²) in [4.78, 5) is 14.2. The van der Waals surface area contributed by atoms with E-state index in [-0.39, 0.29) is 5.56 Å². The second-order valence-electron chi connectivity index (χ2n) is 8.23. The van der Waals surface area contributed by atoms with Crippen LogP contribution in [0.15, 0.2) is 120 Å². The van der Waals surface area contributed by atoms with E-state index in [0.29, 0.717) is 5.52 Å². The topological polar surface area (TPSA) is 26.9 Å². The molecule has 33 heavy (non-hydrogen) atoms. The molecular weight excluding hydrogens is 404 g/mol. The molecule has 0 aliphatic rings. The maximum absolute atomic E-state index is 14.2. The molecule has 0 unspecified atom stereocenters. The number of aryl methyl sites for hydroxylation is 1. The molecular formula is C30H22N2O. The Bertz CT molecular complexity index is 1660. The van der Waals surface area contributed by atoms with Crippen LogP contribution >= 0.6 is 0 Å². The van der Waals surface area contributed by atoms with Gasteiger partial charge in [0.15, 0.2) is 0 Å². The standard InChI is InChI=1S/C30H22N2O/c1-31-25-20-12-11-19-24(25)27-26(21-13-5-2-6-14-21)28(22-15-7-3-8-16-22)32(30(33)29(27)31)23-17-9-4-10-18-23/h2-20H,1H3. The van der Waals surface area contributed by atoms with E-state index < -0.39 is 0 Å². The van der Waals surface area contributed by atoms with Crippen molar-refractivity contribution in [2.24, 2.45) is 7.05 Å². The van der Waals surface area contributed by atoms with Crippen molar-refractivity contribution in [3.8, 4) is 28.1 Å². The second kappa shape index (κ2) is 7.64. The van der Waals surface area contributed by atoms with Crippen LogP contribution in [0.4, 0.5) is 0 Å². The van der Waals surface area contributed by atoms with Crippen molar-refractivity contribution >= 4 is 21.8 Å². The van der Waals surface area contributed by atoms with Gasteiger partial charge in [-0.25, -0.2) is 0 Å². The van der Waals surface area contributed by atoms with Gasteiger partial charge in [0.1, 0.15) is 5.52 Å². The summed E-state index contributed by atoms with van der Waals surface area (Å²) in [5.74, 6) is 0. The lowest BCUT2D eigenvalue weighted by atomic mass is 9.94. The molecule has 0 aliphatic heterocycles. The van der Waals surface area contributed by atoms with Gasteiger partial charge in [-0.1, -0.05) is 97.1 Å². The molecule has 0 amide bonds. The van der Waals surface area contributed by atoms with Crippen molar-refractivity contribution in [3.63, 3.8) is 0 Å². The van der Waals surface area contributed by atoms with Crippen molar-refractivity contribution in [1.82, 2.24) is 9.13 Å². The van der Waals surface area contributed by atoms with E-state index >= 15 is 0 Å². The Labute approximate surface area is 191 Å². The van der Waals surface area contributed by atoms with Gasteiger partial charge in [-0.15, -0.1) is 0 Å². The Morgan fingerprint density at radius 3 is 1.82 bits per heavy atom. The minimum absolute atomic E-state index is 0.0200. The lowest BCUT2D eigenvalue weighted by molar-refractivity contribution is 0.960. The molecule has 2 heterocycles. The first-order valence-corrected chi connectivity index (χ1v) is 11.1. The van der Waals surface area contributed by atoms with Crippen LogP contribution in [0.3, 0.4) is 0 Å². The van der Waals surface area contributed by atoms with Crippen LogP contribution in [0.1, 0.15) is 0 Å². The molecule has 4 aromatic carbocycles. The Morgan fingerprint density at radius 1 is 0.606 bits per heavy atom. The summed E-state index contributed by atoms with van der Waals surface area (Å²) in [5, 5.41) is 2.08. The maximum Gasteiger partial charge on any atom is 0.280 e. The summed E-state index contributed by atoms with van der Waals surface area (Å²) in [7, 11) is 1.98. The van der Waals surface area contributed by atoms with Gasteiger partial charge in [0.05, 0.1) is 5.69 Å². The highest BCUT2D eigenvalue weighted by atomic mass is 16.1. The fourth-order valence-electron chi connectivity index (χ4n) is 4.91. The minimum atomic E-state index is -0.0200. The molecule has 0 atom stereocenters. The number of pyridine rings is 1. The fourth-order valence-corrected chi connectivity index (χ4v) is 4.91. The number of fused-ring (bicyclic) bond motifs is 3. The van der Waals surface area contributed by atoms with E-state index in [0.717, 1.165) is 44.4 Å². The number of hydrogen-bond donors (Lipinski definition) is 0. The van der Waals surface area contributed by atoms with E-state index in [4.69, 9.17) is 0 Å². The molecule has 0 saturated carbocycles. The van der Waals surface area contributed by atoms with Crippen LogP contribution < -0.4 is 5.56 Å². The van der Waals surface area contributed by atoms with Crippen molar-refractivity contribution in [3.05, 3.63) is 126 Å². The van der Waals surface area contributed by atoms with Crippen molar-refractivity contribution < 1.29 is 0 Å². The maximum atomic E-state index is 14.2. The van der Waals surface area contributed by atoms with Crippen LogP contribution in [0.25, 0.3) is 49.9 Å². The predicted octanol–water partition coefficient (Wildman–Crippen LogP) is 6.82. The first-order valence-electron chi connectivity index (χ1n) is 11.1. The number of rotatable bonds is 3. The molecule has 3 heteroatoms. The smallest absolute Gasteiger partial charge is 0.280 e. The van der Waals surface area contributed by atoms with Crippen LogP contribution in [0.5, 0.6) is 0 Å². The van der Waals surface area contributed by atoms with Crippen molar-refractivity contribution in [1.29, 1.82) is 0 Å². The van der Waals surface area contributed by atoms with Gasteiger partial charge in [-0.2, -0.15) is 0 Å². The molecule has 158 valence electrons. The summed E-state index contributed by atoms with van der Waals surface area (Å²) < 4.78 is 3.91. The van der Waals surface area contributed by atoms with Gasteiger partial charge in [0, 0.05) is 34.6 Å². The third-order valence-corrected chi connectivity index (χ3v) is 6.35. The summed E-state index contributed by atoms with van der Waals surface area (Å²) in [6.07, 6.45) is 0. The van der Waals surface area contributed by atoms with Gasteiger partial charge in [0.25, 0.3) is 5.56 Å². The van der Waals surface area contributed by atoms with Crippen LogP contribution in [-0.2, 0) is 7.05 Å². The van der Waals surface area contributed by atoms with Gasteiger partial charge >= 0.3 is 0 Å². The Kier molecular flexibility index (Phi) is 4.48. The number of para-hydroxylation sites is 2. The van der Waals surface area contributed by atoms with E-state index in [1.54, 1.807) is 0 Å². The van der Waals surface area contributed by atoms with Crippen LogP contribution in [-0.4, -0.2) is 9.13 Å². The number of aromatic nitrogens is 2. The van der Waals surface area contributed by atoms with Gasteiger partial charge < -0.3 is 4.57 Å². The lowest BCUT2D eigenvalue weighted by Crippen LogP contribution is -2.23. The van der Waals surface area contributed by atoms with E-state index in [1.165, 1.54) is 0 Å². The molecule has 0 fully saturated rings. The van der Waals surface area contributed by atoms with Crippen LogP contribution in [0, 0.1) is 0 Å². The number of nitrogens with zero attached hydrogens (tertiary/aromatic N) is 2. The summed E-state index contributed by atoms with van der Waals surface area (Å²) in [6, 6.07) is 38.8. The highest BCUT2D eigenvalue weighted by molar-refractivity contribution is 6.17. The molecule has 6 aromatic rings. The van der Waals surface area contributed by atoms with Crippen molar-refractivity contribution in [2.45, 2.75) is 0 Å². The molecule has 0 aliphatic carbocycles. The van der Waals surface area contributed by atoms with Crippen molar-refractivity contribution in [2.75, 3.05) is 0 Å². The molecule has 0 saturated heterocycles. The van der Waals surface area contributed by atoms with Gasteiger partial charge in [-0.3, -0.25) is 9.36 Å². The molecule has 0 radical (unpaired) electrons. The number of hydrogen-bond acceptors (Lipinski definition) is 1. The monoisotopic (exact) mass is 426 g/mol. The predicted molar refractivity (Wildman–Crippen MR) is 137 cm³/mol. The third-order valence-electron chi connectivity index (χ3n) is 6.35. The summed E-state index contributed by atoms with van der Waals surface area (Å²) in [6.45, 7) is 0. The largest absolute Gasteiger partial charge is 0.339 e. The minimum Gasteiger partial charge on any atom is -0.339 e. The third kappa shape index (κ3) is 2.94. The Hall–Kier alpha value is -4.37. The molecule has 0 spiro atoms. The summed E-state index contributed by atoms with van der Waals surface area (Å²) in [5.41, 5.74) is 6.65. The number of benzene rings is 4. The van der Waals surface area contributed by atoms with E-state index in [9.17, 15) is 4.79 Å². The molecule has 6 rings (SSSR count). The Morgan fingerprint density at radius 2 is 1.15 bits per heavy atom. The zero-order chi connectivity index (χ0) is 22.4. The molecule has 3 nitrogen and oxygen atoms in total. The average Bonchev–Trinajstić information content (AvgIpc) is 3.18. The first-order chi connectivity index (χ1) is 16.3. The quantitative estimate of drug-likeness (QED) is 0.305. The van der Waals surface area contributed by atoms with E-state index in [2.05, 4.69) is 48.5 Å². The Balaban J connectivity index is 1.95. The first kappa shape index (κ1) is 19.3. The normalized spacial score (nSPS) is 11.3. The molecule has 0 N–H and O–H groups in total. The SMILES string of the molecule is Cn1c2ccccc2c2c(-c3ccccc3)c(-c3ccccc3)n(-c3ccccc3)c(=O)c21. The molecule has 2 aromatic heterocycles. The fraction of sp³-hybridized carbons (Fsp3) is 0.0333. The van der Waals surface area contributed by atoms with Gasteiger partial charge in [0.2, 0.25) is 0 Å².